The number of unbranched alkanes of at least 4 members (excludes halogenated alkanes) is 12. The smallest absolute Gasteiger partial charge is 0.185 e. The Balaban J connectivity index is 1.50. The molecule has 0 aliphatic heterocycles. The third kappa shape index (κ3) is 12.7. The van der Waals surface area contributed by atoms with Gasteiger partial charge in [-0.1, -0.05) is 114 Å². The van der Waals surface area contributed by atoms with Gasteiger partial charge in [0.2, 0.25) is 0 Å². The molecular weight excluding hydrogens is 422 g/mol. The first-order chi connectivity index (χ1) is 16.2. The van der Waals surface area contributed by atoms with E-state index in [1.165, 1.54) is 94.1 Å². The summed E-state index contributed by atoms with van der Waals surface area (Å²) < 4.78 is 0. The predicted octanol–water partition coefficient (Wildman–Crippen LogP) is 9.35. The summed E-state index contributed by atoms with van der Waals surface area (Å²) in [4.78, 5) is 13.5. The molecule has 2 aromatic carbocycles. The van der Waals surface area contributed by atoms with Crippen molar-refractivity contribution in [2.45, 2.75) is 95.3 Å². The number of nitrogen functional groups attached to an aromatic ring is 1. The van der Waals surface area contributed by atoms with Gasteiger partial charge in [0.1, 0.15) is 0 Å². The first-order valence-electron chi connectivity index (χ1n) is 13.0. The summed E-state index contributed by atoms with van der Waals surface area (Å²) >= 11 is 1.93. The summed E-state index contributed by atoms with van der Waals surface area (Å²) in [5.74, 6) is 1.16. The van der Waals surface area contributed by atoms with Crippen LogP contribution in [0.15, 0.2) is 59.5 Å². The lowest BCUT2D eigenvalue weighted by atomic mass is 10.1. The maximum Gasteiger partial charge on any atom is 0.185 e. The summed E-state index contributed by atoms with van der Waals surface area (Å²) in [6.07, 6.45) is 21.7. The van der Waals surface area contributed by atoms with Crippen molar-refractivity contribution in [3.05, 3.63) is 65.7 Å². The maximum atomic E-state index is 12.2. The van der Waals surface area contributed by atoms with E-state index in [4.69, 9.17) is 5.73 Å². The van der Waals surface area contributed by atoms with Gasteiger partial charge in [0.05, 0.1) is 0 Å². The fourth-order valence-electron chi connectivity index (χ4n) is 3.95. The van der Waals surface area contributed by atoms with Crippen LogP contribution in [0.5, 0.6) is 0 Å². The summed E-state index contributed by atoms with van der Waals surface area (Å²) in [5.41, 5.74) is 8.02. The largest absolute Gasteiger partial charge is 0.399 e. The number of rotatable bonds is 18. The molecule has 0 aromatic heterocycles. The molecule has 0 saturated heterocycles. The van der Waals surface area contributed by atoms with Crippen LogP contribution in [0, 0.1) is 0 Å². The van der Waals surface area contributed by atoms with Crippen molar-refractivity contribution in [1.82, 2.24) is 0 Å². The number of carbonyl (C=O) groups is 1. The molecule has 2 N–H and O–H groups in total. The summed E-state index contributed by atoms with van der Waals surface area (Å²) in [6, 6.07) is 15.6. The van der Waals surface area contributed by atoms with E-state index in [2.05, 4.69) is 31.2 Å². The number of nitrogens with two attached hydrogens (primary N) is 1. The Hall–Kier alpha value is -2.00. The maximum absolute atomic E-state index is 12.2. The lowest BCUT2D eigenvalue weighted by Gasteiger charge is -2.04. The molecule has 2 rings (SSSR count). The topological polar surface area (TPSA) is 43.1 Å². The van der Waals surface area contributed by atoms with E-state index >= 15 is 0 Å². The highest BCUT2D eigenvalue weighted by Gasteiger charge is 2.02. The first-order valence-corrected chi connectivity index (χ1v) is 14.0. The van der Waals surface area contributed by atoms with Gasteiger partial charge in [-0.15, -0.1) is 11.8 Å². The number of carbonyl (C=O) groups excluding carboxylic acids is 1. The second-order valence-electron chi connectivity index (χ2n) is 8.98. The summed E-state index contributed by atoms with van der Waals surface area (Å²) in [5, 5.41) is 0. The molecule has 180 valence electrons. The van der Waals surface area contributed by atoms with Crippen LogP contribution in [0.4, 0.5) is 5.69 Å². The van der Waals surface area contributed by atoms with Crippen LogP contribution in [-0.2, 0) is 0 Å². The van der Waals surface area contributed by atoms with Crippen LogP contribution < -0.4 is 5.73 Å². The third-order valence-corrected chi connectivity index (χ3v) is 7.09. The lowest BCUT2D eigenvalue weighted by molar-refractivity contribution is 0.104. The summed E-state index contributed by atoms with van der Waals surface area (Å²) in [6.45, 7) is 2.28. The Morgan fingerprint density at radius 2 is 1.36 bits per heavy atom. The molecule has 33 heavy (non-hydrogen) atoms. The van der Waals surface area contributed by atoms with E-state index in [-0.39, 0.29) is 5.78 Å². The van der Waals surface area contributed by atoms with Crippen LogP contribution in [0.3, 0.4) is 0 Å². The molecule has 0 spiro atoms. The second kappa shape index (κ2) is 17.5. The second-order valence-corrected chi connectivity index (χ2v) is 10.2. The molecule has 0 amide bonds. The lowest BCUT2D eigenvalue weighted by Crippen LogP contribution is -1.95. The highest BCUT2D eigenvalue weighted by Crippen LogP contribution is 2.21. The monoisotopic (exact) mass is 465 g/mol. The third-order valence-electron chi connectivity index (χ3n) is 6.00. The van der Waals surface area contributed by atoms with E-state index in [0.717, 1.165) is 5.56 Å². The SMILES string of the molecule is CCCCCCCCCCCCCCCSc1ccc(/C=C/C(=O)c2cccc(N)c2)cc1. The molecule has 0 saturated carbocycles. The minimum atomic E-state index is -0.0249. The van der Waals surface area contributed by atoms with Gasteiger partial charge < -0.3 is 5.73 Å². The first kappa shape index (κ1) is 27.2. The molecule has 2 aromatic rings. The van der Waals surface area contributed by atoms with Crippen molar-refractivity contribution in [3.63, 3.8) is 0 Å². The summed E-state index contributed by atoms with van der Waals surface area (Å²) in [7, 11) is 0. The van der Waals surface area contributed by atoms with Crippen molar-refractivity contribution in [1.29, 1.82) is 0 Å². The van der Waals surface area contributed by atoms with Crippen LogP contribution in [0.25, 0.3) is 6.08 Å². The molecule has 0 unspecified atom stereocenters. The van der Waals surface area contributed by atoms with Crippen molar-refractivity contribution in [2.75, 3.05) is 11.5 Å². The minimum absolute atomic E-state index is 0.0249. The van der Waals surface area contributed by atoms with Crippen LogP contribution in [-0.4, -0.2) is 11.5 Å². The quantitative estimate of drug-likeness (QED) is 0.0784. The molecule has 0 aliphatic carbocycles. The molecule has 3 heteroatoms. The van der Waals surface area contributed by atoms with Crippen molar-refractivity contribution in [2.24, 2.45) is 0 Å². The number of hydrogen-bond acceptors (Lipinski definition) is 3. The van der Waals surface area contributed by atoms with Gasteiger partial charge in [-0.3, -0.25) is 4.79 Å². The highest BCUT2D eigenvalue weighted by molar-refractivity contribution is 7.99. The molecule has 0 bridgehead atoms. The Bertz CT molecular complexity index is 812. The van der Waals surface area contributed by atoms with Crippen molar-refractivity contribution >= 4 is 29.3 Å². The van der Waals surface area contributed by atoms with Crippen molar-refractivity contribution in [3.8, 4) is 0 Å². The Labute approximate surface area is 206 Å². The molecule has 2 nitrogen and oxygen atoms in total. The minimum Gasteiger partial charge on any atom is -0.399 e. The Kier molecular flexibility index (Phi) is 14.4. The Morgan fingerprint density at radius 3 is 1.94 bits per heavy atom. The molecule has 0 heterocycles. The molecule has 0 radical (unpaired) electrons. The van der Waals surface area contributed by atoms with Crippen LogP contribution in [0.2, 0.25) is 0 Å². The fraction of sp³-hybridized carbons (Fsp3) is 0.500. The van der Waals surface area contributed by atoms with Gasteiger partial charge in [0, 0.05) is 16.1 Å². The van der Waals surface area contributed by atoms with E-state index in [1.807, 2.05) is 17.8 Å². The number of anilines is 1. The van der Waals surface area contributed by atoms with E-state index in [9.17, 15) is 4.79 Å². The number of allylic oxidation sites excluding steroid dienone is 1. The average molecular weight is 466 g/mol. The van der Waals surface area contributed by atoms with Gasteiger partial charge >= 0.3 is 0 Å². The van der Waals surface area contributed by atoms with Crippen molar-refractivity contribution < 1.29 is 4.79 Å². The average Bonchev–Trinajstić information content (AvgIpc) is 2.83. The van der Waals surface area contributed by atoms with Crippen LogP contribution in [0.1, 0.15) is 106 Å². The van der Waals surface area contributed by atoms with Crippen LogP contribution >= 0.6 is 11.8 Å². The van der Waals surface area contributed by atoms with Gasteiger partial charge in [0.15, 0.2) is 5.78 Å². The van der Waals surface area contributed by atoms with Gasteiger partial charge in [-0.2, -0.15) is 0 Å². The predicted molar refractivity (Wildman–Crippen MR) is 147 cm³/mol. The molecule has 0 fully saturated rings. The van der Waals surface area contributed by atoms with E-state index in [0.29, 0.717) is 11.3 Å². The van der Waals surface area contributed by atoms with Gasteiger partial charge in [-0.05, 0) is 48.1 Å². The molecule has 0 atom stereocenters. The standard InChI is InChI=1S/C30H43NOS/c1-2-3-4-5-6-7-8-9-10-11-12-13-14-24-33-29-21-18-26(19-22-29)20-23-30(32)27-16-15-17-28(31)25-27/h15-23,25H,2-14,24,31H2,1H3/b23-20+. The van der Waals surface area contributed by atoms with Gasteiger partial charge in [0.25, 0.3) is 0 Å². The number of hydrogen-bond donors (Lipinski definition) is 1. The highest BCUT2D eigenvalue weighted by atomic mass is 32.2. The number of thioether (sulfide) groups is 1. The zero-order valence-electron chi connectivity index (χ0n) is 20.6. The Morgan fingerprint density at radius 1 is 0.788 bits per heavy atom. The molecular formula is C30H43NOS. The number of ketones is 1. The van der Waals surface area contributed by atoms with E-state index in [1.54, 1.807) is 30.3 Å². The van der Waals surface area contributed by atoms with Gasteiger partial charge in [-0.25, -0.2) is 0 Å². The zero-order valence-corrected chi connectivity index (χ0v) is 21.4. The normalized spacial score (nSPS) is 11.3. The number of benzene rings is 2. The zero-order chi connectivity index (χ0) is 23.6. The molecule has 0 aliphatic rings. The van der Waals surface area contributed by atoms with E-state index < -0.39 is 0 Å². The fourth-order valence-corrected chi connectivity index (χ4v) is 4.86.